The molecule has 2 heterocycles. The lowest BCUT2D eigenvalue weighted by Gasteiger charge is -2.40. The molecule has 3 rings (SSSR count). The van der Waals surface area contributed by atoms with E-state index in [0.717, 1.165) is 51.9 Å². The van der Waals surface area contributed by atoms with Gasteiger partial charge in [0, 0.05) is 45.7 Å². The summed E-state index contributed by atoms with van der Waals surface area (Å²) in [6.07, 6.45) is 3.94. The molecule has 0 spiro atoms. The average molecular weight is 420 g/mol. The molecule has 2 aliphatic heterocycles. The Kier molecular flexibility index (Phi) is 12.2. The maximum absolute atomic E-state index is 13.0. The monoisotopic (exact) mass is 419 g/mol. The number of amides is 3. The normalized spacial score (nSPS) is 15.9. The zero-order chi connectivity index (χ0) is 22.4. The molecule has 0 unspecified atom stereocenters. The van der Waals surface area contributed by atoms with Crippen LogP contribution < -0.4 is 0 Å². The number of hydrogen-bond acceptors (Lipinski definition) is 4. The first-order chi connectivity index (χ1) is 14.6. The summed E-state index contributed by atoms with van der Waals surface area (Å²) in [6.45, 7) is 9.89. The van der Waals surface area contributed by atoms with Crippen molar-refractivity contribution in [2.45, 2.75) is 59.0 Å². The second kappa shape index (κ2) is 14.4. The molecule has 2 fully saturated rings. The standard InChI is InChI=1S/C19H27N3O2.C2H4O2.C2H6/c1-16(23)20-13-9-18(10-14-20)22(15-17-7-3-2-4-8-17)19(24)21-11-5-6-12-21;1-4-2-3;1-2/h2-4,7-8,18H,5-6,9-15H2,1H3;2H,1H3;1-2H3. The van der Waals surface area contributed by atoms with E-state index < -0.39 is 0 Å². The van der Waals surface area contributed by atoms with Crippen LogP contribution in [0.4, 0.5) is 4.79 Å². The summed E-state index contributed by atoms with van der Waals surface area (Å²) in [4.78, 5) is 39.4. The number of carbonyl (C=O) groups excluding carboxylic acids is 3. The predicted octanol–water partition coefficient (Wildman–Crippen LogP) is 3.53. The van der Waals surface area contributed by atoms with Gasteiger partial charge in [-0.1, -0.05) is 44.2 Å². The smallest absolute Gasteiger partial charge is 0.320 e. The van der Waals surface area contributed by atoms with E-state index in [9.17, 15) is 9.59 Å². The largest absolute Gasteiger partial charge is 0.471 e. The fourth-order valence-corrected chi connectivity index (χ4v) is 3.72. The van der Waals surface area contributed by atoms with Crippen molar-refractivity contribution < 1.29 is 19.1 Å². The number of rotatable bonds is 4. The van der Waals surface area contributed by atoms with Crippen LogP contribution in [0.15, 0.2) is 30.3 Å². The molecule has 3 amide bonds. The Morgan fingerprint density at radius 3 is 2.03 bits per heavy atom. The SMILES string of the molecule is CC.CC(=O)N1CCC(N(Cc2ccccc2)C(=O)N2CCCC2)CC1.COC=O. The number of urea groups is 1. The van der Waals surface area contributed by atoms with E-state index >= 15 is 0 Å². The Morgan fingerprint density at radius 2 is 1.57 bits per heavy atom. The van der Waals surface area contributed by atoms with Crippen molar-refractivity contribution >= 4 is 18.4 Å². The van der Waals surface area contributed by atoms with E-state index in [1.807, 2.05) is 46.7 Å². The highest BCUT2D eigenvalue weighted by Crippen LogP contribution is 2.22. The van der Waals surface area contributed by atoms with Gasteiger partial charge in [0.15, 0.2) is 0 Å². The van der Waals surface area contributed by atoms with E-state index in [1.165, 1.54) is 12.7 Å². The molecule has 0 N–H and O–H groups in total. The van der Waals surface area contributed by atoms with Gasteiger partial charge in [0.25, 0.3) is 6.47 Å². The van der Waals surface area contributed by atoms with E-state index in [4.69, 9.17) is 4.79 Å². The molecular weight excluding hydrogens is 382 g/mol. The number of piperidine rings is 1. The first-order valence-electron chi connectivity index (χ1n) is 10.9. The number of methoxy groups -OCH3 is 1. The lowest BCUT2D eigenvalue weighted by molar-refractivity contribution is -0.130. The van der Waals surface area contributed by atoms with Crippen LogP contribution in [0, 0.1) is 0 Å². The molecule has 7 heteroatoms. The number of likely N-dealkylation sites (tertiary alicyclic amines) is 2. The van der Waals surface area contributed by atoms with Crippen molar-refractivity contribution in [3.63, 3.8) is 0 Å². The van der Waals surface area contributed by atoms with Gasteiger partial charge in [0.1, 0.15) is 0 Å². The summed E-state index contributed by atoms with van der Waals surface area (Å²) in [5.74, 6) is 0.133. The first kappa shape index (κ1) is 25.5. The molecule has 7 nitrogen and oxygen atoms in total. The molecule has 168 valence electrons. The molecule has 0 atom stereocenters. The van der Waals surface area contributed by atoms with Crippen molar-refractivity contribution in [3.05, 3.63) is 35.9 Å². The van der Waals surface area contributed by atoms with Crippen LogP contribution in [0.3, 0.4) is 0 Å². The number of ether oxygens (including phenoxy) is 1. The summed E-state index contributed by atoms with van der Waals surface area (Å²) < 4.78 is 3.86. The van der Waals surface area contributed by atoms with Crippen LogP contribution in [-0.2, 0) is 20.9 Å². The lowest BCUT2D eigenvalue weighted by Crippen LogP contribution is -2.51. The fraction of sp³-hybridized carbons (Fsp3) is 0.609. The highest BCUT2D eigenvalue weighted by atomic mass is 16.5. The molecule has 2 aliphatic rings. The third-order valence-corrected chi connectivity index (χ3v) is 5.26. The quantitative estimate of drug-likeness (QED) is 0.700. The number of carbonyl (C=O) groups is 3. The molecular formula is C23H37N3O4. The Hall–Kier alpha value is -2.57. The molecule has 0 radical (unpaired) electrons. The first-order valence-corrected chi connectivity index (χ1v) is 10.9. The van der Waals surface area contributed by atoms with Crippen molar-refractivity contribution in [3.8, 4) is 0 Å². The van der Waals surface area contributed by atoms with E-state index in [0.29, 0.717) is 13.0 Å². The Morgan fingerprint density at radius 1 is 1.03 bits per heavy atom. The van der Waals surface area contributed by atoms with Crippen molar-refractivity contribution in [2.75, 3.05) is 33.3 Å². The highest BCUT2D eigenvalue weighted by molar-refractivity contribution is 5.75. The maximum Gasteiger partial charge on any atom is 0.320 e. The molecule has 0 saturated carbocycles. The zero-order valence-electron chi connectivity index (χ0n) is 18.9. The van der Waals surface area contributed by atoms with E-state index in [2.05, 4.69) is 16.9 Å². The van der Waals surface area contributed by atoms with Gasteiger partial charge in [0.05, 0.1) is 7.11 Å². The summed E-state index contributed by atoms with van der Waals surface area (Å²) in [5.41, 5.74) is 1.17. The van der Waals surface area contributed by atoms with Crippen LogP contribution >= 0.6 is 0 Å². The van der Waals surface area contributed by atoms with Gasteiger partial charge in [-0.15, -0.1) is 0 Å². The summed E-state index contributed by atoms with van der Waals surface area (Å²) in [6, 6.07) is 10.6. The fourth-order valence-electron chi connectivity index (χ4n) is 3.72. The highest BCUT2D eigenvalue weighted by Gasteiger charge is 2.32. The van der Waals surface area contributed by atoms with Gasteiger partial charge in [-0.05, 0) is 31.2 Å². The third-order valence-electron chi connectivity index (χ3n) is 5.26. The van der Waals surface area contributed by atoms with Gasteiger partial charge in [-0.3, -0.25) is 9.59 Å². The molecule has 30 heavy (non-hydrogen) atoms. The van der Waals surface area contributed by atoms with Crippen LogP contribution in [-0.4, -0.2) is 72.4 Å². The number of benzene rings is 1. The van der Waals surface area contributed by atoms with Gasteiger partial charge < -0.3 is 19.4 Å². The van der Waals surface area contributed by atoms with Crippen LogP contribution in [0.2, 0.25) is 0 Å². The minimum absolute atomic E-state index is 0.133. The molecule has 0 aromatic heterocycles. The summed E-state index contributed by atoms with van der Waals surface area (Å²) in [5, 5.41) is 0. The van der Waals surface area contributed by atoms with E-state index in [-0.39, 0.29) is 18.0 Å². The second-order valence-electron chi connectivity index (χ2n) is 7.16. The Balaban J connectivity index is 0.000000673. The lowest BCUT2D eigenvalue weighted by atomic mass is 10.0. The minimum Gasteiger partial charge on any atom is -0.471 e. The molecule has 1 aromatic carbocycles. The topological polar surface area (TPSA) is 70.2 Å². The predicted molar refractivity (Wildman–Crippen MR) is 118 cm³/mol. The van der Waals surface area contributed by atoms with Gasteiger partial charge >= 0.3 is 6.03 Å². The molecule has 1 aromatic rings. The van der Waals surface area contributed by atoms with Crippen molar-refractivity contribution in [2.24, 2.45) is 0 Å². The summed E-state index contributed by atoms with van der Waals surface area (Å²) in [7, 11) is 1.31. The molecule has 0 aliphatic carbocycles. The summed E-state index contributed by atoms with van der Waals surface area (Å²) >= 11 is 0. The average Bonchev–Trinajstić information content (AvgIpc) is 3.34. The molecule has 2 saturated heterocycles. The molecule has 0 bridgehead atoms. The maximum atomic E-state index is 13.0. The third kappa shape index (κ3) is 8.05. The Labute approximate surface area is 181 Å². The van der Waals surface area contributed by atoms with Crippen molar-refractivity contribution in [1.29, 1.82) is 0 Å². The minimum atomic E-state index is 0.133. The van der Waals surface area contributed by atoms with Gasteiger partial charge in [0.2, 0.25) is 5.91 Å². The van der Waals surface area contributed by atoms with Crippen LogP contribution in [0.1, 0.15) is 52.0 Å². The Bertz CT molecular complexity index is 625. The van der Waals surface area contributed by atoms with E-state index in [1.54, 1.807) is 6.92 Å². The second-order valence-corrected chi connectivity index (χ2v) is 7.16. The number of nitrogens with zero attached hydrogens (tertiary/aromatic N) is 3. The van der Waals surface area contributed by atoms with Crippen molar-refractivity contribution in [1.82, 2.24) is 14.7 Å². The van der Waals surface area contributed by atoms with Gasteiger partial charge in [-0.25, -0.2) is 4.79 Å². The van der Waals surface area contributed by atoms with Gasteiger partial charge in [-0.2, -0.15) is 0 Å². The van der Waals surface area contributed by atoms with Crippen LogP contribution in [0.5, 0.6) is 0 Å². The number of hydrogen-bond donors (Lipinski definition) is 0. The zero-order valence-corrected chi connectivity index (χ0v) is 18.9. The van der Waals surface area contributed by atoms with Crippen LogP contribution in [0.25, 0.3) is 0 Å².